The molecular formula is C18H19N5O2S. The quantitative estimate of drug-likeness (QED) is 0.623. The molecule has 0 saturated carbocycles. The van der Waals surface area contributed by atoms with Gasteiger partial charge in [-0.15, -0.1) is 11.8 Å². The van der Waals surface area contributed by atoms with Crippen LogP contribution < -0.4 is 10.9 Å². The molecule has 3 aromatic rings. The van der Waals surface area contributed by atoms with Gasteiger partial charge in [-0.25, -0.2) is 9.97 Å². The van der Waals surface area contributed by atoms with Crippen LogP contribution in [0.25, 0.3) is 0 Å². The number of amides is 1. The van der Waals surface area contributed by atoms with Crippen LogP contribution in [0.4, 0.5) is 0 Å². The number of hydrogen-bond donors (Lipinski definition) is 2. The summed E-state index contributed by atoms with van der Waals surface area (Å²) in [5.41, 5.74) is -0.423. The van der Waals surface area contributed by atoms with Crippen LogP contribution in [0.5, 0.6) is 0 Å². The minimum Gasteiger partial charge on any atom is -0.350 e. The van der Waals surface area contributed by atoms with E-state index in [-0.39, 0.29) is 11.6 Å². The number of imidazole rings is 1. The first-order chi connectivity index (χ1) is 12.6. The van der Waals surface area contributed by atoms with E-state index in [0.29, 0.717) is 18.1 Å². The fraction of sp³-hybridized carbons (Fsp3) is 0.222. The molecule has 1 unspecified atom stereocenters. The van der Waals surface area contributed by atoms with Crippen molar-refractivity contribution in [3.63, 3.8) is 0 Å². The summed E-state index contributed by atoms with van der Waals surface area (Å²) in [5, 5.41) is 2.75. The Bertz CT molecular complexity index is 909. The molecule has 0 saturated heterocycles. The van der Waals surface area contributed by atoms with E-state index < -0.39 is 11.5 Å². The Morgan fingerprint density at radius 3 is 2.85 bits per heavy atom. The summed E-state index contributed by atoms with van der Waals surface area (Å²) in [6.07, 6.45) is 6.52. The third-order valence-electron chi connectivity index (χ3n) is 3.81. The molecular weight excluding hydrogens is 350 g/mol. The number of aromatic nitrogens is 4. The van der Waals surface area contributed by atoms with Crippen molar-refractivity contribution < 1.29 is 4.79 Å². The van der Waals surface area contributed by atoms with Crippen LogP contribution in [0, 0.1) is 0 Å². The topological polar surface area (TPSA) is 92.7 Å². The fourth-order valence-corrected chi connectivity index (χ4v) is 3.11. The van der Waals surface area contributed by atoms with Crippen molar-refractivity contribution in [2.75, 3.05) is 6.54 Å². The standard InChI is InChI=1S/C18H19N5O2S/c1-13(23-8-7-19-12-23)9-21-17(24)15-10-20-16(22-18(15)25)11-26-14-5-3-2-4-6-14/h2-8,10,12-13H,9,11H2,1H3,(H,21,24)(H,20,22,25). The van der Waals surface area contributed by atoms with E-state index in [4.69, 9.17) is 0 Å². The van der Waals surface area contributed by atoms with Gasteiger partial charge in [0.15, 0.2) is 0 Å². The van der Waals surface area contributed by atoms with E-state index in [9.17, 15) is 9.59 Å². The summed E-state index contributed by atoms with van der Waals surface area (Å²) in [5.74, 6) is 0.624. The zero-order chi connectivity index (χ0) is 18.4. The smallest absolute Gasteiger partial charge is 0.263 e. The number of thioether (sulfide) groups is 1. The molecule has 0 spiro atoms. The maximum atomic E-state index is 12.2. The van der Waals surface area contributed by atoms with Crippen LogP contribution in [-0.4, -0.2) is 32.0 Å². The first kappa shape index (κ1) is 17.9. The van der Waals surface area contributed by atoms with Crippen molar-refractivity contribution in [3.05, 3.63) is 77.0 Å². The van der Waals surface area contributed by atoms with Gasteiger partial charge in [0, 0.05) is 36.1 Å². The molecule has 0 fully saturated rings. The molecule has 0 aliphatic carbocycles. The third-order valence-corrected chi connectivity index (χ3v) is 4.83. The van der Waals surface area contributed by atoms with Crippen LogP contribution in [-0.2, 0) is 5.75 Å². The molecule has 1 atom stereocenters. The van der Waals surface area contributed by atoms with Crippen LogP contribution in [0.1, 0.15) is 29.1 Å². The first-order valence-electron chi connectivity index (χ1n) is 8.15. The Morgan fingerprint density at radius 1 is 1.35 bits per heavy atom. The number of benzene rings is 1. The molecule has 2 N–H and O–H groups in total. The molecule has 0 radical (unpaired) electrons. The molecule has 0 bridgehead atoms. The number of H-pyrrole nitrogens is 1. The minimum atomic E-state index is -0.437. The largest absolute Gasteiger partial charge is 0.350 e. The molecule has 26 heavy (non-hydrogen) atoms. The van der Waals surface area contributed by atoms with E-state index in [0.717, 1.165) is 4.90 Å². The number of hydrogen-bond acceptors (Lipinski definition) is 5. The second kappa shape index (κ2) is 8.48. The first-order valence-corrected chi connectivity index (χ1v) is 9.13. The molecule has 3 rings (SSSR count). The van der Waals surface area contributed by atoms with Gasteiger partial charge in [0.1, 0.15) is 11.4 Å². The molecule has 1 aromatic carbocycles. The highest BCUT2D eigenvalue weighted by molar-refractivity contribution is 7.98. The Kier molecular flexibility index (Phi) is 5.85. The Hall–Kier alpha value is -2.87. The summed E-state index contributed by atoms with van der Waals surface area (Å²) >= 11 is 1.57. The number of rotatable bonds is 7. The lowest BCUT2D eigenvalue weighted by Gasteiger charge is -2.13. The predicted octanol–water partition coefficient (Wildman–Crippen LogP) is 2.25. The van der Waals surface area contributed by atoms with Crippen molar-refractivity contribution >= 4 is 17.7 Å². The molecule has 0 aliphatic rings. The predicted molar refractivity (Wildman–Crippen MR) is 100 cm³/mol. The zero-order valence-corrected chi connectivity index (χ0v) is 15.1. The van der Waals surface area contributed by atoms with Gasteiger partial charge >= 0.3 is 0 Å². The van der Waals surface area contributed by atoms with E-state index in [1.165, 1.54) is 6.20 Å². The fourth-order valence-electron chi connectivity index (χ4n) is 2.31. The van der Waals surface area contributed by atoms with E-state index in [1.807, 2.05) is 48.0 Å². The lowest BCUT2D eigenvalue weighted by atomic mass is 10.3. The van der Waals surface area contributed by atoms with E-state index in [1.54, 1.807) is 24.3 Å². The van der Waals surface area contributed by atoms with Gasteiger partial charge in [-0.05, 0) is 19.1 Å². The lowest BCUT2D eigenvalue weighted by molar-refractivity contribution is 0.0946. The van der Waals surface area contributed by atoms with Crippen molar-refractivity contribution in [1.82, 2.24) is 24.8 Å². The average Bonchev–Trinajstić information content (AvgIpc) is 3.20. The Morgan fingerprint density at radius 2 is 2.15 bits per heavy atom. The van der Waals surface area contributed by atoms with E-state index in [2.05, 4.69) is 20.3 Å². The molecule has 134 valence electrons. The molecule has 2 heterocycles. The van der Waals surface area contributed by atoms with Gasteiger partial charge in [-0.3, -0.25) is 9.59 Å². The Balaban J connectivity index is 1.58. The summed E-state index contributed by atoms with van der Waals surface area (Å²) in [6, 6.07) is 9.88. The highest BCUT2D eigenvalue weighted by atomic mass is 32.2. The van der Waals surface area contributed by atoms with Crippen LogP contribution in [0.15, 0.2) is 64.9 Å². The van der Waals surface area contributed by atoms with Gasteiger partial charge in [-0.2, -0.15) is 0 Å². The molecule has 7 nitrogen and oxygen atoms in total. The third kappa shape index (κ3) is 4.60. The Labute approximate surface area is 154 Å². The summed E-state index contributed by atoms with van der Waals surface area (Å²) < 4.78 is 1.88. The molecule has 2 aromatic heterocycles. The molecule has 1 amide bonds. The highest BCUT2D eigenvalue weighted by Gasteiger charge is 2.13. The van der Waals surface area contributed by atoms with E-state index >= 15 is 0 Å². The normalized spacial score (nSPS) is 11.9. The van der Waals surface area contributed by atoms with Crippen LogP contribution in [0.2, 0.25) is 0 Å². The molecule has 0 aliphatic heterocycles. The molecule has 8 heteroatoms. The number of carbonyl (C=O) groups excluding carboxylic acids is 1. The summed E-state index contributed by atoms with van der Waals surface area (Å²) in [7, 11) is 0. The van der Waals surface area contributed by atoms with Gasteiger partial charge < -0.3 is 14.9 Å². The van der Waals surface area contributed by atoms with Crippen molar-refractivity contribution in [3.8, 4) is 0 Å². The minimum absolute atomic E-state index is 0.0105. The maximum Gasteiger partial charge on any atom is 0.263 e. The van der Waals surface area contributed by atoms with Gasteiger partial charge in [0.25, 0.3) is 11.5 Å². The second-order valence-electron chi connectivity index (χ2n) is 5.74. The van der Waals surface area contributed by atoms with Gasteiger partial charge in [0.05, 0.1) is 12.1 Å². The van der Waals surface area contributed by atoms with Crippen molar-refractivity contribution in [2.24, 2.45) is 0 Å². The van der Waals surface area contributed by atoms with Crippen LogP contribution >= 0.6 is 11.8 Å². The monoisotopic (exact) mass is 369 g/mol. The number of carbonyl (C=O) groups is 1. The number of nitrogens with zero attached hydrogens (tertiary/aromatic N) is 3. The van der Waals surface area contributed by atoms with Gasteiger partial charge in [0.2, 0.25) is 0 Å². The van der Waals surface area contributed by atoms with Crippen molar-refractivity contribution in [2.45, 2.75) is 23.6 Å². The summed E-state index contributed by atoms with van der Waals surface area (Å²) in [6.45, 7) is 2.34. The van der Waals surface area contributed by atoms with Crippen LogP contribution in [0.3, 0.4) is 0 Å². The average molecular weight is 369 g/mol. The number of nitrogens with one attached hydrogen (secondary N) is 2. The lowest BCUT2D eigenvalue weighted by Crippen LogP contribution is -2.33. The van der Waals surface area contributed by atoms with Gasteiger partial charge in [-0.1, -0.05) is 18.2 Å². The SMILES string of the molecule is CC(CNC(=O)c1cnc(CSc2ccccc2)[nH]c1=O)n1ccnc1. The highest BCUT2D eigenvalue weighted by Crippen LogP contribution is 2.19. The zero-order valence-electron chi connectivity index (χ0n) is 14.3. The number of aromatic amines is 1. The maximum absolute atomic E-state index is 12.2. The van der Waals surface area contributed by atoms with Crippen molar-refractivity contribution in [1.29, 1.82) is 0 Å². The summed E-state index contributed by atoms with van der Waals surface area (Å²) in [4.78, 5) is 36.4. The second-order valence-corrected chi connectivity index (χ2v) is 6.79.